The summed E-state index contributed by atoms with van der Waals surface area (Å²) in [5.41, 5.74) is 2.44. The molecule has 234 valence electrons. The van der Waals surface area contributed by atoms with Crippen LogP contribution in [-0.2, 0) is 26.1 Å². The summed E-state index contributed by atoms with van der Waals surface area (Å²) in [6, 6.07) is 9.25. The lowest BCUT2D eigenvalue weighted by atomic mass is 9.97. The smallest absolute Gasteiger partial charge is 0.266 e. The van der Waals surface area contributed by atoms with Crippen LogP contribution < -0.4 is 9.62 Å². The predicted octanol–water partition coefficient (Wildman–Crippen LogP) is 5.73. The molecule has 3 aromatic rings. The summed E-state index contributed by atoms with van der Waals surface area (Å²) in [6.07, 6.45) is 6.20. The number of hydrogen-bond acceptors (Lipinski definition) is 9. The lowest BCUT2D eigenvalue weighted by Gasteiger charge is -2.38. The van der Waals surface area contributed by atoms with Crippen LogP contribution in [0, 0.1) is 5.92 Å². The molecular weight excluding hydrogens is 627 g/mol. The van der Waals surface area contributed by atoms with E-state index >= 15 is 0 Å². The van der Waals surface area contributed by atoms with E-state index in [2.05, 4.69) is 26.7 Å². The van der Waals surface area contributed by atoms with Crippen LogP contribution in [0.15, 0.2) is 41.1 Å². The summed E-state index contributed by atoms with van der Waals surface area (Å²) in [5, 5.41) is 4.80. The summed E-state index contributed by atoms with van der Waals surface area (Å²) < 4.78 is 45.2. The van der Waals surface area contributed by atoms with Gasteiger partial charge in [0.2, 0.25) is 10.0 Å². The Morgan fingerprint density at radius 3 is 2.50 bits per heavy atom. The number of rotatable bonds is 9. The molecule has 2 aliphatic carbocycles. The Morgan fingerprint density at radius 2 is 1.84 bits per heavy atom. The molecule has 44 heavy (non-hydrogen) atoms. The minimum Gasteiger partial charge on any atom is -0.381 e. The summed E-state index contributed by atoms with van der Waals surface area (Å²) >= 11 is 13.1. The Labute approximate surface area is 266 Å². The highest BCUT2D eigenvalue weighted by atomic mass is 35.5. The van der Waals surface area contributed by atoms with Gasteiger partial charge in [0.15, 0.2) is 0 Å². The summed E-state index contributed by atoms with van der Waals surface area (Å²) in [7, 11) is -3.78. The van der Waals surface area contributed by atoms with Crippen LogP contribution in [0.3, 0.4) is 0 Å². The van der Waals surface area contributed by atoms with Crippen molar-refractivity contribution in [1.29, 1.82) is 0 Å². The first-order valence-corrected chi connectivity index (χ1v) is 17.4. The van der Waals surface area contributed by atoms with Crippen LogP contribution >= 0.6 is 23.2 Å². The van der Waals surface area contributed by atoms with Crippen molar-refractivity contribution < 1.29 is 27.2 Å². The summed E-state index contributed by atoms with van der Waals surface area (Å²) in [6.45, 7) is 3.29. The van der Waals surface area contributed by atoms with Crippen LogP contribution in [0.5, 0.6) is 0 Å². The molecule has 4 atom stereocenters. The molecule has 1 aromatic carbocycles. The average Bonchev–Trinajstić information content (AvgIpc) is 3.52. The van der Waals surface area contributed by atoms with Crippen LogP contribution in [0.4, 0.5) is 5.82 Å². The Morgan fingerprint density at radius 1 is 1.09 bits per heavy atom. The fraction of sp³-hybridized carbons (Fsp3) is 0.516. The highest BCUT2D eigenvalue weighted by molar-refractivity contribution is 7.90. The highest BCUT2D eigenvalue weighted by Gasteiger charge is 2.50. The van der Waals surface area contributed by atoms with Gasteiger partial charge >= 0.3 is 0 Å². The van der Waals surface area contributed by atoms with E-state index in [9.17, 15) is 13.2 Å². The fourth-order valence-corrected chi connectivity index (χ4v) is 8.97. The molecule has 4 fully saturated rings. The summed E-state index contributed by atoms with van der Waals surface area (Å²) in [4.78, 5) is 19.6. The Bertz CT molecular complexity index is 1630. The van der Waals surface area contributed by atoms with Crippen LogP contribution in [0.1, 0.15) is 73.0 Å². The van der Waals surface area contributed by atoms with Gasteiger partial charge in [0.25, 0.3) is 5.91 Å². The van der Waals surface area contributed by atoms with E-state index in [0.29, 0.717) is 65.8 Å². The number of halogens is 2. The van der Waals surface area contributed by atoms with Crippen molar-refractivity contribution in [3.63, 3.8) is 0 Å². The quantitative estimate of drug-likeness (QED) is 0.306. The SMILES string of the molecule is C[C@H]1[C@H]2C[C@H](C[C@@H]2OCc2c(-c3c(Cl)cccc3Cl)noc2C2CC2)N1c1ccc(C(=O)NS(=O)(=O)C2CCOCC2)cn1. The number of pyridine rings is 1. The number of amides is 1. The Balaban J connectivity index is 1.01. The van der Waals surface area contributed by atoms with Gasteiger partial charge in [-0.2, -0.15) is 0 Å². The van der Waals surface area contributed by atoms with Crippen molar-refractivity contribution in [2.24, 2.45) is 5.92 Å². The molecule has 1 amide bonds. The number of nitrogens with zero attached hydrogens (tertiary/aromatic N) is 3. The van der Waals surface area contributed by atoms with Gasteiger partial charge in [0.1, 0.15) is 17.3 Å². The number of nitrogens with one attached hydrogen (secondary N) is 1. The first kappa shape index (κ1) is 30.0. The number of carbonyl (C=O) groups excluding carboxylic acids is 1. The largest absolute Gasteiger partial charge is 0.381 e. The normalized spacial score (nSPS) is 25.5. The fourth-order valence-electron chi connectivity index (χ4n) is 7.04. The maximum atomic E-state index is 12.7. The lowest BCUT2D eigenvalue weighted by molar-refractivity contribution is 0.00359. The van der Waals surface area contributed by atoms with Crippen LogP contribution in [0.25, 0.3) is 11.3 Å². The number of piperidine rings is 1. The zero-order valence-corrected chi connectivity index (χ0v) is 26.6. The maximum Gasteiger partial charge on any atom is 0.266 e. The minimum absolute atomic E-state index is 0.0585. The summed E-state index contributed by atoms with van der Waals surface area (Å²) in [5.74, 6) is 1.60. The molecule has 0 unspecified atom stereocenters. The molecule has 7 rings (SSSR count). The highest BCUT2D eigenvalue weighted by Crippen LogP contribution is 2.48. The zero-order valence-electron chi connectivity index (χ0n) is 24.2. The van der Waals surface area contributed by atoms with E-state index in [4.69, 9.17) is 37.2 Å². The van der Waals surface area contributed by atoms with Crippen molar-refractivity contribution in [2.75, 3.05) is 18.1 Å². The van der Waals surface area contributed by atoms with E-state index in [1.165, 1.54) is 6.20 Å². The van der Waals surface area contributed by atoms with Gasteiger partial charge in [0, 0.05) is 54.5 Å². The monoisotopic (exact) mass is 660 g/mol. The molecule has 2 saturated carbocycles. The number of ether oxygens (including phenoxy) is 2. The van der Waals surface area contributed by atoms with E-state index < -0.39 is 21.2 Å². The molecular formula is C31H34Cl2N4O6S. The third-order valence-electron chi connectivity index (χ3n) is 9.50. The number of aromatic nitrogens is 2. The van der Waals surface area contributed by atoms with Gasteiger partial charge in [-0.3, -0.25) is 4.79 Å². The molecule has 10 nitrogen and oxygen atoms in total. The van der Waals surface area contributed by atoms with Crippen molar-refractivity contribution in [3.05, 3.63) is 63.5 Å². The first-order valence-electron chi connectivity index (χ1n) is 15.1. The van der Waals surface area contributed by atoms with Crippen LogP contribution in [0.2, 0.25) is 10.0 Å². The number of anilines is 1. The second-order valence-electron chi connectivity index (χ2n) is 12.2. The Kier molecular flexibility index (Phi) is 8.11. The second-order valence-corrected chi connectivity index (χ2v) is 15.0. The van der Waals surface area contributed by atoms with E-state index in [1.54, 1.807) is 24.3 Å². The molecule has 2 aliphatic heterocycles. The predicted molar refractivity (Wildman–Crippen MR) is 165 cm³/mol. The zero-order chi connectivity index (χ0) is 30.6. The first-order chi connectivity index (χ1) is 21.2. The van der Waals surface area contributed by atoms with E-state index in [0.717, 1.165) is 42.8 Å². The third kappa shape index (κ3) is 5.62. The van der Waals surface area contributed by atoms with Crippen molar-refractivity contribution >= 4 is 45.0 Å². The Hall–Kier alpha value is -2.70. The van der Waals surface area contributed by atoms with Gasteiger partial charge in [-0.15, -0.1) is 0 Å². The standard InChI is InChI=1S/C31H34Cl2N4O6S/c1-17-22-13-20(37(17)27-8-7-19(15-34-27)31(38)36-44(39,40)21-9-11-41-12-10-21)14-26(22)42-16-23-29(35-43-30(23)18-5-6-18)28-24(32)3-2-4-25(28)33/h2-4,7-8,15,17-18,20-22,26H,5-6,9-14,16H2,1H3,(H,36,38)/t17-,20+,22+,26-/m0/s1. The molecule has 1 N–H and O–H groups in total. The van der Waals surface area contributed by atoms with Gasteiger partial charge in [-0.25, -0.2) is 18.1 Å². The maximum absolute atomic E-state index is 12.7. The van der Waals surface area contributed by atoms with Gasteiger partial charge in [-0.1, -0.05) is 34.4 Å². The molecule has 4 heterocycles. The number of carbonyl (C=O) groups is 1. The topological polar surface area (TPSA) is 124 Å². The second kappa shape index (κ2) is 11.9. The molecule has 2 bridgehead atoms. The van der Waals surface area contributed by atoms with Crippen molar-refractivity contribution in [3.8, 4) is 11.3 Å². The molecule has 0 spiro atoms. The number of hydrogen-bond donors (Lipinski definition) is 1. The van der Waals surface area contributed by atoms with Gasteiger partial charge in [0.05, 0.1) is 33.6 Å². The van der Waals surface area contributed by atoms with Crippen molar-refractivity contribution in [2.45, 2.75) is 81.4 Å². The molecule has 13 heteroatoms. The van der Waals surface area contributed by atoms with Crippen LogP contribution in [-0.4, -0.2) is 61.1 Å². The average molecular weight is 662 g/mol. The molecule has 4 aliphatic rings. The van der Waals surface area contributed by atoms with Crippen molar-refractivity contribution in [1.82, 2.24) is 14.9 Å². The number of benzene rings is 1. The minimum atomic E-state index is -3.78. The number of sulfonamides is 1. The van der Waals surface area contributed by atoms with Gasteiger partial charge < -0.3 is 18.9 Å². The third-order valence-corrected chi connectivity index (χ3v) is 12.0. The molecule has 2 aromatic heterocycles. The number of fused-ring (bicyclic) bond motifs is 2. The van der Waals surface area contributed by atoms with E-state index in [-0.39, 0.29) is 23.8 Å². The van der Waals surface area contributed by atoms with E-state index in [1.807, 2.05) is 6.07 Å². The molecule has 0 radical (unpaired) electrons. The van der Waals surface area contributed by atoms with Gasteiger partial charge in [-0.05, 0) is 69.7 Å². The molecule has 2 saturated heterocycles. The lowest BCUT2D eigenvalue weighted by Crippen LogP contribution is -2.45.